The van der Waals surface area contributed by atoms with E-state index in [1.165, 1.54) is 25.7 Å². The van der Waals surface area contributed by atoms with Crippen LogP contribution in [0.15, 0.2) is 0 Å². The van der Waals surface area contributed by atoms with E-state index in [0.29, 0.717) is 0 Å². The Hall–Kier alpha value is -0.120. The summed E-state index contributed by atoms with van der Waals surface area (Å²) < 4.78 is 10.7. The van der Waals surface area contributed by atoms with Crippen LogP contribution in [0.3, 0.4) is 0 Å². The van der Waals surface area contributed by atoms with Crippen molar-refractivity contribution in [1.29, 1.82) is 0 Å². The van der Waals surface area contributed by atoms with Gasteiger partial charge in [-0.15, -0.1) is 0 Å². The minimum Gasteiger partial charge on any atom is -0.350 e. The molecule has 1 unspecified atom stereocenters. The average molecular weight is 201 g/mol. The van der Waals surface area contributed by atoms with Crippen molar-refractivity contribution in [2.45, 2.75) is 57.8 Å². The Labute approximate surface area is 86.9 Å². The molecule has 0 radical (unpaired) electrons. The number of nitrogens with two attached hydrogens (primary N) is 1. The molecule has 1 rings (SSSR count). The normalized spacial score (nSPS) is 20.1. The van der Waals surface area contributed by atoms with Gasteiger partial charge in [0, 0.05) is 12.5 Å². The molecular weight excluding hydrogens is 178 g/mol. The molecular formula is C11H23NO2. The van der Waals surface area contributed by atoms with E-state index in [1.54, 1.807) is 0 Å². The van der Waals surface area contributed by atoms with E-state index in [9.17, 15) is 0 Å². The third kappa shape index (κ3) is 4.94. The van der Waals surface area contributed by atoms with Crippen LogP contribution >= 0.6 is 0 Å². The molecule has 1 atom stereocenters. The van der Waals surface area contributed by atoms with Crippen LogP contribution in [0.4, 0.5) is 0 Å². The first kappa shape index (κ1) is 12.0. The molecule has 1 aliphatic rings. The van der Waals surface area contributed by atoms with Gasteiger partial charge in [-0.3, -0.25) is 0 Å². The Kier molecular flexibility index (Phi) is 6.15. The van der Waals surface area contributed by atoms with Gasteiger partial charge in [-0.2, -0.15) is 0 Å². The summed E-state index contributed by atoms with van der Waals surface area (Å²) in [4.78, 5) is 0. The van der Waals surface area contributed by atoms with E-state index < -0.39 is 0 Å². The van der Waals surface area contributed by atoms with Gasteiger partial charge in [0.1, 0.15) is 0 Å². The molecule has 2 N–H and O–H groups in total. The highest BCUT2D eigenvalue weighted by Gasteiger charge is 2.18. The first-order chi connectivity index (χ1) is 6.83. The van der Waals surface area contributed by atoms with Gasteiger partial charge < -0.3 is 15.2 Å². The number of hydrogen-bond acceptors (Lipinski definition) is 3. The monoisotopic (exact) mass is 201 g/mol. The molecule has 1 aliphatic heterocycles. The lowest BCUT2D eigenvalue weighted by atomic mass is 10.1. The smallest absolute Gasteiger partial charge is 0.159 e. The van der Waals surface area contributed by atoms with Crippen LogP contribution in [0.25, 0.3) is 0 Å². The fourth-order valence-corrected chi connectivity index (χ4v) is 1.74. The van der Waals surface area contributed by atoms with Gasteiger partial charge in [0.2, 0.25) is 0 Å². The highest BCUT2D eigenvalue weighted by molar-refractivity contribution is 4.65. The summed E-state index contributed by atoms with van der Waals surface area (Å²) in [5.74, 6) is 0. The molecule has 0 aromatic heterocycles. The molecule has 84 valence electrons. The summed E-state index contributed by atoms with van der Waals surface area (Å²) in [5.41, 5.74) is 5.98. The summed E-state index contributed by atoms with van der Waals surface area (Å²) in [6.07, 6.45) is 7.07. The van der Waals surface area contributed by atoms with Crippen LogP contribution in [0, 0.1) is 0 Å². The van der Waals surface area contributed by atoms with Gasteiger partial charge in [0.05, 0.1) is 13.2 Å². The maximum Gasteiger partial charge on any atom is 0.159 e. The second-order valence-corrected chi connectivity index (χ2v) is 4.02. The molecule has 1 heterocycles. The lowest BCUT2D eigenvalue weighted by molar-refractivity contribution is -0.0510. The Balaban J connectivity index is 1.95. The Bertz CT molecular complexity index is 135. The lowest BCUT2D eigenvalue weighted by Crippen LogP contribution is -2.26. The lowest BCUT2D eigenvalue weighted by Gasteiger charge is -2.15. The minimum absolute atomic E-state index is 0.0313. The molecule has 0 saturated carbocycles. The third-order valence-corrected chi connectivity index (χ3v) is 2.61. The van der Waals surface area contributed by atoms with Crippen molar-refractivity contribution in [2.75, 3.05) is 13.2 Å². The van der Waals surface area contributed by atoms with Crippen molar-refractivity contribution < 1.29 is 9.47 Å². The van der Waals surface area contributed by atoms with E-state index in [1.807, 2.05) is 0 Å². The van der Waals surface area contributed by atoms with E-state index >= 15 is 0 Å². The number of unbranched alkanes of at least 4 members (excludes halogenated alkanes) is 3. The van der Waals surface area contributed by atoms with Crippen molar-refractivity contribution in [1.82, 2.24) is 0 Å². The van der Waals surface area contributed by atoms with Gasteiger partial charge in [-0.05, 0) is 6.42 Å². The highest BCUT2D eigenvalue weighted by atomic mass is 16.7. The summed E-state index contributed by atoms with van der Waals surface area (Å²) in [6.45, 7) is 3.68. The molecule has 1 saturated heterocycles. The van der Waals surface area contributed by atoms with Crippen molar-refractivity contribution in [3.05, 3.63) is 0 Å². The van der Waals surface area contributed by atoms with Gasteiger partial charge in [-0.25, -0.2) is 0 Å². The van der Waals surface area contributed by atoms with E-state index in [-0.39, 0.29) is 12.3 Å². The van der Waals surface area contributed by atoms with Gasteiger partial charge in [-0.1, -0.05) is 32.6 Å². The second-order valence-electron chi connectivity index (χ2n) is 4.02. The van der Waals surface area contributed by atoms with Crippen LogP contribution in [0.2, 0.25) is 0 Å². The number of ether oxygens (including phenoxy) is 2. The Morgan fingerprint density at radius 3 is 2.57 bits per heavy atom. The fourth-order valence-electron chi connectivity index (χ4n) is 1.74. The molecule has 3 nitrogen and oxygen atoms in total. The first-order valence-electron chi connectivity index (χ1n) is 5.81. The molecule has 1 fully saturated rings. The zero-order chi connectivity index (χ0) is 10.2. The van der Waals surface area contributed by atoms with E-state index in [0.717, 1.165) is 26.1 Å². The van der Waals surface area contributed by atoms with Gasteiger partial charge in [0.15, 0.2) is 6.29 Å². The molecule has 0 aromatic rings. The molecule has 14 heavy (non-hydrogen) atoms. The zero-order valence-electron chi connectivity index (χ0n) is 9.21. The topological polar surface area (TPSA) is 44.5 Å². The van der Waals surface area contributed by atoms with Crippen LogP contribution in [-0.4, -0.2) is 25.5 Å². The summed E-state index contributed by atoms with van der Waals surface area (Å²) in [6, 6.07) is 0.245. The maximum absolute atomic E-state index is 5.98. The quantitative estimate of drug-likeness (QED) is 0.641. The molecule has 0 aliphatic carbocycles. The van der Waals surface area contributed by atoms with Crippen molar-refractivity contribution in [3.63, 3.8) is 0 Å². The molecule has 0 spiro atoms. The van der Waals surface area contributed by atoms with Crippen LogP contribution in [0.1, 0.15) is 45.4 Å². The van der Waals surface area contributed by atoms with Crippen LogP contribution in [-0.2, 0) is 9.47 Å². The summed E-state index contributed by atoms with van der Waals surface area (Å²) >= 11 is 0. The number of hydrogen-bond donors (Lipinski definition) is 1. The standard InChI is InChI=1S/C11H23NO2/c1-2-3-4-5-6-10(12)9-11-13-7-8-14-11/h10-11H,2-9,12H2,1H3. The largest absolute Gasteiger partial charge is 0.350 e. The Morgan fingerprint density at radius 1 is 1.21 bits per heavy atom. The van der Waals surface area contributed by atoms with Gasteiger partial charge >= 0.3 is 0 Å². The SMILES string of the molecule is CCCCCCC(N)CC1OCCO1. The third-order valence-electron chi connectivity index (χ3n) is 2.61. The number of rotatable bonds is 7. The van der Waals surface area contributed by atoms with Crippen LogP contribution in [0.5, 0.6) is 0 Å². The zero-order valence-corrected chi connectivity index (χ0v) is 9.21. The predicted octanol–water partition coefficient (Wildman–Crippen LogP) is 2.05. The van der Waals surface area contributed by atoms with E-state index in [4.69, 9.17) is 15.2 Å². The fraction of sp³-hybridized carbons (Fsp3) is 1.00. The minimum atomic E-state index is -0.0313. The Morgan fingerprint density at radius 2 is 1.93 bits per heavy atom. The average Bonchev–Trinajstić information content (AvgIpc) is 2.65. The molecule has 0 aromatic carbocycles. The van der Waals surface area contributed by atoms with Crippen molar-refractivity contribution in [2.24, 2.45) is 5.73 Å². The highest BCUT2D eigenvalue weighted by Crippen LogP contribution is 2.13. The summed E-state index contributed by atoms with van der Waals surface area (Å²) in [5, 5.41) is 0. The van der Waals surface area contributed by atoms with E-state index in [2.05, 4.69) is 6.92 Å². The van der Waals surface area contributed by atoms with Crippen molar-refractivity contribution in [3.8, 4) is 0 Å². The molecule has 3 heteroatoms. The van der Waals surface area contributed by atoms with Crippen molar-refractivity contribution >= 4 is 0 Å². The summed E-state index contributed by atoms with van der Waals surface area (Å²) in [7, 11) is 0. The first-order valence-corrected chi connectivity index (χ1v) is 5.81. The molecule has 0 amide bonds. The van der Waals surface area contributed by atoms with Crippen LogP contribution < -0.4 is 5.73 Å². The van der Waals surface area contributed by atoms with Gasteiger partial charge in [0.25, 0.3) is 0 Å². The predicted molar refractivity (Wildman–Crippen MR) is 57.0 cm³/mol. The molecule has 0 bridgehead atoms. The second kappa shape index (κ2) is 7.21. The maximum atomic E-state index is 5.98.